The molecule has 0 aliphatic carbocycles. The molecule has 0 saturated carbocycles. The number of carbonyl (C=O) groups excluding carboxylic acids is 2. The summed E-state index contributed by atoms with van der Waals surface area (Å²) in [5.41, 5.74) is 2.57. The number of rotatable bonds is 4. The van der Waals surface area contributed by atoms with Crippen molar-refractivity contribution in [3.05, 3.63) is 65.2 Å². The molecule has 154 valence electrons. The van der Waals surface area contributed by atoms with Crippen LogP contribution in [0.3, 0.4) is 0 Å². The minimum absolute atomic E-state index is 0.147. The van der Waals surface area contributed by atoms with E-state index in [2.05, 4.69) is 11.9 Å². The van der Waals surface area contributed by atoms with Gasteiger partial charge in [0.05, 0.1) is 16.8 Å². The fourth-order valence-corrected chi connectivity index (χ4v) is 3.95. The minimum atomic E-state index is -0.526. The maximum Gasteiger partial charge on any atom is 0.339 e. The second-order valence-corrected chi connectivity index (χ2v) is 8.18. The van der Waals surface area contributed by atoms with E-state index in [-0.39, 0.29) is 12.5 Å². The number of benzene rings is 2. The molecule has 0 spiro atoms. The molecule has 1 fully saturated rings. The van der Waals surface area contributed by atoms with Crippen LogP contribution in [0.2, 0.25) is 5.02 Å². The Bertz CT molecular complexity index is 1080. The average molecular weight is 423 g/mol. The maximum absolute atomic E-state index is 12.9. The van der Waals surface area contributed by atoms with Gasteiger partial charge in [0.2, 0.25) is 0 Å². The fourth-order valence-electron chi connectivity index (χ4n) is 3.83. The first-order valence-electron chi connectivity index (χ1n) is 10.1. The molecule has 6 heteroatoms. The third-order valence-electron chi connectivity index (χ3n) is 5.41. The summed E-state index contributed by atoms with van der Waals surface area (Å²) in [5.74, 6) is -0.196. The van der Waals surface area contributed by atoms with Gasteiger partial charge in [-0.1, -0.05) is 48.9 Å². The quantitative estimate of drug-likeness (QED) is 0.557. The summed E-state index contributed by atoms with van der Waals surface area (Å²) in [6, 6.07) is 16.4. The first kappa shape index (κ1) is 20.4. The Labute approximate surface area is 180 Å². The van der Waals surface area contributed by atoms with Crippen molar-refractivity contribution >= 4 is 34.4 Å². The van der Waals surface area contributed by atoms with Crippen LogP contribution in [0.1, 0.15) is 30.1 Å². The number of halogens is 1. The highest BCUT2D eigenvalue weighted by Crippen LogP contribution is 2.26. The first-order valence-corrected chi connectivity index (χ1v) is 10.5. The highest BCUT2D eigenvalue weighted by atomic mass is 35.5. The summed E-state index contributed by atoms with van der Waals surface area (Å²) in [6.07, 6.45) is 2.11. The molecule has 0 radical (unpaired) electrons. The zero-order valence-corrected chi connectivity index (χ0v) is 17.6. The number of aromatic nitrogens is 1. The number of carbonyl (C=O) groups is 2. The van der Waals surface area contributed by atoms with Crippen LogP contribution in [0.5, 0.6) is 0 Å². The number of esters is 1. The van der Waals surface area contributed by atoms with Crippen molar-refractivity contribution in [3.8, 4) is 11.3 Å². The highest BCUT2D eigenvalue weighted by Gasteiger charge is 2.23. The number of para-hydroxylation sites is 1. The zero-order valence-electron chi connectivity index (χ0n) is 16.8. The molecule has 0 unspecified atom stereocenters. The Kier molecular flexibility index (Phi) is 6.00. The molecular formula is C24H23ClN2O3. The van der Waals surface area contributed by atoms with Crippen molar-refractivity contribution in [3.63, 3.8) is 0 Å². The number of likely N-dealkylation sites (tertiary alicyclic amines) is 1. The van der Waals surface area contributed by atoms with E-state index < -0.39 is 5.97 Å². The van der Waals surface area contributed by atoms with Gasteiger partial charge in [-0.2, -0.15) is 0 Å². The van der Waals surface area contributed by atoms with Crippen LogP contribution in [-0.2, 0) is 9.53 Å². The van der Waals surface area contributed by atoms with Crippen molar-refractivity contribution in [2.24, 2.45) is 5.92 Å². The first-order chi connectivity index (χ1) is 14.5. The van der Waals surface area contributed by atoms with Crippen molar-refractivity contribution in [1.82, 2.24) is 9.88 Å². The largest absolute Gasteiger partial charge is 0.452 e. The van der Waals surface area contributed by atoms with Gasteiger partial charge in [0, 0.05) is 29.1 Å². The molecule has 1 amide bonds. The standard InChI is InChI=1S/C24H23ClN2O3/c1-16-5-4-12-27(14-16)23(28)15-30-24(29)20-13-22(17-8-10-18(25)11-9-17)26-21-7-3-2-6-19(20)21/h2-3,6-11,13,16H,4-5,12,14-15H2,1H3/t16-/m0/s1. The topological polar surface area (TPSA) is 59.5 Å². The van der Waals surface area contributed by atoms with Crippen LogP contribution in [0, 0.1) is 5.92 Å². The lowest BCUT2D eigenvalue weighted by Gasteiger charge is -2.30. The van der Waals surface area contributed by atoms with Crippen LogP contribution in [0.15, 0.2) is 54.6 Å². The lowest BCUT2D eigenvalue weighted by Crippen LogP contribution is -2.41. The van der Waals surface area contributed by atoms with Gasteiger partial charge in [0.15, 0.2) is 6.61 Å². The van der Waals surface area contributed by atoms with E-state index in [1.165, 1.54) is 0 Å². The lowest BCUT2D eigenvalue weighted by molar-refractivity contribution is -0.136. The third-order valence-corrected chi connectivity index (χ3v) is 5.66. The number of ether oxygens (including phenoxy) is 1. The van der Waals surface area contributed by atoms with Crippen LogP contribution in [-0.4, -0.2) is 41.5 Å². The second-order valence-electron chi connectivity index (χ2n) is 7.74. The summed E-state index contributed by atoms with van der Waals surface area (Å²) in [6.45, 7) is 3.32. The molecule has 1 atom stereocenters. The van der Waals surface area contributed by atoms with Crippen LogP contribution in [0.25, 0.3) is 22.2 Å². The van der Waals surface area contributed by atoms with Crippen molar-refractivity contribution in [1.29, 1.82) is 0 Å². The molecule has 2 aromatic carbocycles. The van der Waals surface area contributed by atoms with Crippen LogP contribution < -0.4 is 0 Å². The smallest absolute Gasteiger partial charge is 0.339 e. The Morgan fingerprint density at radius 1 is 1.17 bits per heavy atom. The molecule has 3 aromatic rings. The zero-order chi connectivity index (χ0) is 21.1. The molecule has 1 aromatic heterocycles. The highest BCUT2D eigenvalue weighted by molar-refractivity contribution is 6.30. The normalized spacial score (nSPS) is 16.5. The summed E-state index contributed by atoms with van der Waals surface area (Å²) in [5, 5.41) is 1.32. The molecule has 0 bridgehead atoms. The van der Waals surface area contributed by atoms with E-state index in [0.29, 0.717) is 33.1 Å². The Balaban J connectivity index is 1.58. The van der Waals surface area contributed by atoms with Gasteiger partial charge < -0.3 is 9.64 Å². The number of pyridine rings is 1. The number of hydrogen-bond donors (Lipinski definition) is 0. The van der Waals surface area contributed by atoms with Gasteiger partial charge in [-0.3, -0.25) is 4.79 Å². The third kappa shape index (κ3) is 4.46. The molecule has 2 heterocycles. The Hall–Kier alpha value is -2.92. The Morgan fingerprint density at radius 2 is 1.93 bits per heavy atom. The van der Waals surface area contributed by atoms with Crippen LogP contribution >= 0.6 is 11.6 Å². The lowest BCUT2D eigenvalue weighted by atomic mass is 10.0. The van der Waals surface area contributed by atoms with E-state index in [9.17, 15) is 9.59 Å². The van der Waals surface area contributed by atoms with Gasteiger partial charge in [0.1, 0.15) is 0 Å². The molecule has 1 aliphatic heterocycles. The number of fused-ring (bicyclic) bond motifs is 1. The molecular weight excluding hydrogens is 400 g/mol. The van der Waals surface area contributed by atoms with Gasteiger partial charge in [0.25, 0.3) is 5.91 Å². The molecule has 4 rings (SSSR count). The molecule has 0 N–H and O–H groups in total. The van der Waals surface area contributed by atoms with Crippen molar-refractivity contribution in [2.75, 3.05) is 19.7 Å². The van der Waals surface area contributed by atoms with E-state index in [0.717, 1.165) is 31.5 Å². The number of nitrogens with zero attached hydrogens (tertiary/aromatic N) is 2. The SMILES string of the molecule is C[C@H]1CCCN(C(=O)COC(=O)c2cc(-c3ccc(Cl)cc3)nc3ccccc23)C1. The van der Waals surface area contributed by atoms with E-state index >= 15 is 0 Å². The average Bonchev–Trinajstić information content (AvgIpc) is 2.77. The monoisotopic (exact) mass is 422 g/mol. The molecule has 1 saturated heterocycles. The summed E-state index contributed by atoms with van der Waals surface area (Å²) >= 11 is 5.99. The fraction of sp³-hybridized carbons (Fsp3) is 0.292. The molecule has 5 nitrogen and oxygen atoms in total. The maximum atomic E-state index is 12.9. The minimum Gasteiger partial charge on any atom is -0.452 e. The number of piperidine rings is 1. The van der Waals surface area contributed by atoms with Crippen molar-refractivity contribution in [2.45, 2.75) is 19.8 Å². The van der Waals surface area contributed by atoms with Gasteiger partial charge >= 0.3 is 5.97 Å². The van der Waals surface area contributed by atoms with E-state index in [1.807, 2.05) is 36.4 Å². The van der Waals surface area contributed by atoms with Crippen LogP contribution in [0.4, 0.5) is 0 Å². The predicted octanol–water partition coefficient (Wildman–Crippen LogP) is 4.97. The summed E-state index contributed by atoms with van der Waals surface area (Å²) in [4.78, 5) is 31.8. The van der Waals surface area contributed by atoms with E-state index in [4.69, 9.17) is 16.3 Å². The van der Waals surface area contributed by atoms with E-state index in [1.54, 1.807) is 23.1 Å². The second kappa shape index (κ2) is 8.84. The van der Waals surface area contributed by atoms with Gasteiger partial charge in [-0.15, -0.1) is 0 Å². The number of hydrogen-bond acceptors (Lipinski definition) is 4. The number of amides is 1. The summed E-state index contributed by atoms with van der Waals surface area (Å²) < 4.78 is 5.42. The molecule has 30 heavy (non-hydrogen) atoms. The Morgan fingerprint density at radius 3 is 2.70 bits per heavy atom. The predicted molar refractivity (Wildman–Crippen MR) is 117 cm³/mol. The van der Waals surface area contributed by atoms with Gasteiger partial charge in [-0.05, 0) is 43.0 Å². The summed E-state index contributed by atoms with van der Waals surface area (Å²) in [7, 11) is 0. The molecule has 1 aliphatic rings. The van der Waals surface area contributed by atoms with Gasteiger partial charge in [-0.25, -0.2) is 9.78 Å². The van der Waals surface area contributed by atoms with Crippen molar-refractivity contribution < 1.29 is 14.3 Å².